The highest BCUT2D eigenvalue weighted by Crippen LogP contribution is 2.09. The van der Waals surface area contributed by atoms with Crippen molar-refractivity contribution < 1.29 is 0 Å². The van der Waals surface area contributed by atoms with Crippen LogP contribution in [0.1, 0.15) is 19.4 Å². The second kappa shape index (κ2) is 4.62. The molecule has 0 unspecified atom stereocenters. The van der Waals surface area contributed by atoms with Gasteiger partial charge >= 0.3 is 0 Å². The molecule has 1 aromatic rings. The minimum absolute atomic E-state index is 1.20. The molecule has 0 nitrogen and oxygen atoms in total. The third-order valence-corrected chi connectivity index (χ3v) is 5.66. The van der Waals surface area contributed by atoms with Crippen molar-refractivity contribution in [3.05, 3.63) is 47.7 Å². The molecule has 0 amide bonds. The lowest BCUT2D eigenvalue weighted by atomic mass is 10.2. The molecule has 0 bridgehead atoms. The average Bonchev–Trinajstić information content (AvgIpc) is 2.16. The van der Waals surface area contributed by atoms with Crippen LogP contribution in [0.15, 0.2) is 42.1 Å². The average molecular weight is 216 g/mol. The molecule has 0 atom stereocenters. The summed E-state index contributed by atoms with van der Waals surface area (Å²) < 4.78 is 0. The molecule has 1 heteroatoms. The van der Waals surface area contributed by atoms with Gasteiger partial charge < -0.3 is 0 Å². The minimum Gasteiger partial charge on any atom is -0.0985 e. The first-order valence-corrected chi connectivity index (χ1v) is 8.42. The lowest BCUT2D eigenvalue weighted by molar-refractivity contribution is 1.40. The molecule has 0 radical (unpaired) electrons. The maximum atomic E-state index is 3.77. The van der Waals surface area contributed by atoms with E-state index < -0.39 is 8.07 Å². The van der Waals surface area contributed by atoms with Crippen molar-refractivity contribution in [2.75, 3.05) is 0 Å². The van der Waals surface area contributed by atoms with E-state index in [0.717, 1.165) is 0 Å². The third kappa shape index (κ3) is 3.20. The van der Waals surface area contributed by atoms with E-state index >= 15 is 0 Å². The Hall–Kier alpha value is -1.08. The summed E-state index contributed by atoms with van der Waals surface area (Å²) in [5.74, 6) is 0. The highest BCUT2D eigenvalue weighted by Gasteiger charge is 2.19. The largest absolute Gasteiger partial charge is 0.104 e. The normalized spacial score (nSPS) is 10.9. The standard InChI is InChI=1S/C14H20Si/c1-6-13-7-9-14(10-8-13)15(4,5)11-12(2)3/h6-11H,1H2,2-5H3. The molecule has 0 saturated carbocycles. The summed E-state index contributed by atoms with van der Waals surface area (Å²) in [5.41, 5.74) is 5.05. The summed E-state index contributed by atoms with van der Waals surface area (Å²) in [6.45, 7) is 12.9. The molecule has 15 heavy (non-hydrogen) atoms. The first kappa shape index (κ1) is 12.0. The number of hydrogen-bond acceptors (Lipinski definition) is 0. The Labute approximate surface area is 94.4 Å². The van der Waals surface area contributed by atoms with Gasteiger partial charge in [-0.3, -0.25) is 0 Å². The Morgan fingerprint density at radius 3 is 2.07 bits per heavy atom. The predicted molar refractivity (Wildman–Crippen MR) is 73.1 cm³/mol. The molecule has 0 N–H and O–H groups in total. The van der Waals surface area contributed by atoms with Gasteiger partial charge in [0.2, 0.25) is 0 Å². The molecule has 0 aromatic heterocycles. The van der Waals surface area contributed by atoms with Crippen molar-refractivity contribution in [1.82, 2.24) is 0 Å². The van der Waals surface area contributed by atoms with Gasteiger partial charge in [0.1, 0.15) is 8.07 Å². The maximum absolute atomic E-state index is 3.77. The van der Waals surface area contributed by atoms with E-state index in [1.54, 1.807) is 0 Å². The molecule has 0 aliphatic heterocycles. The van der Waals surface area contributed by atoms with Crippen molar-refractivity contribution in [2.24, 2.45) is 0 Å². The van der Waals surface area contributed by atoms with Gasteiger partial charge in [-0.2, -0.15) is 0 Å². The Bertz CT molecular complexity index is 365. The summed E-state index contributed by atoms with van der Waals surface area (Å²) in [4.78, 5) is 0. The van der Waals surface area contributed by atoms with Gasteiger partial charge in [-0.1, -0.05) is 66.5 Å². The van der Waals surface area contributed by atoms with Crippen molar-refractivity contribution >= 4 is 19.3 Å². The Balaban J connectivity index is 3.05. The van der Waals surface area contributed by atoms with Crippen LogP contribution in [0.2, 0.25) is 13.1 Å². The Morgan fingerprint density at radius 1 is 1.13 bits per heavy atom. The van der Waals surface area contributed by atoms with E-state index in [2.05, 4.69) is 63.5 Å². The molecule has 1 aromatic carbocycles. The molecule has 0 fully saturated rings. The van der Waals surface area contributed by atoms with E-state index in [1.165, 1.54) is 16.3 Å². The van der Waals surface area contributed by atoms with Crippen molar-refractivity contribution in [1.29, 1.82) is 0 Å². The zero-order chi connectivity index (χ0) is 11.5. The summed E-state index contributed by atoms with van der Waals surface area (Å²) >= 11 is 0. The Morgan fingerprint density at radius 2 is 1.67 bits per heavy atom. The van der Waals surface area contributed by atoms with Crippen molar-refractivity contribution in [3.63, 3.8) is 0 Å². The SMILES string of the molecule is C=Cc1ccc([Si](C)(C)C=C(C)C)cc1. The molecule has 1 rings (SSSR count). The van der Waals surface area contributed by atoms with Crippen LogP contribution < -0.4 is 5.19 Å². The molecular formula is C14H20Si. The first-order valence-electron chi connectivity index (χ1n) is 5.35. The van der Waals surface area contributed by atoms with Crippen LogP contribution in [0.25, 0.3) is 6.08 Å². The predicted octanol–water partition coefficient (Wildman–Crippen LogP) is 3.75. The number of benzene rings is 1. The molecule has 0 aliphatic rings. The highest BCUT2D eigenvalue weighted by atomic mass is 28.3. The van der Waals surface area contributed by atoms with E-state index in [-0.39, 0.29) is 0 Å². The van der Waals surface area contributed by atoms with Gasteiger partial charge in [-0.15, -0.1) is 0 Å². The monoisotopic (exact) mass is 216 g/mol. The van der Waals surface area contributed by atoms with Crippen molar-refractivity contribution in [3.8, 4) is 0 Å². The number of rotatable bonds is 3. The van der Waals surface area contributed by atoms with Gasteiger partial charge in [-0.25, -0.2) is 0 Å². The highest BCUT2D eigenvalue weighted by molar-refractivity contribution is 6.94. The fourth-order valence-electron chi connectivity index (χ4n) is 1.85. The van der Waals surface area contributed by atoms with Crippen LogP contribution in [0.5, 0.6) is 0 Å². The summed E-state index contributed by atoms with van der Waals surface area (Å²) in [6, 6.07) is 8.77. The number of hydrogen-bond donors (Lipinski definition) is 0. The second-order valence-electron chi connectivity index (χ2n) is 4.77. The van der Waals surface area contributed by atoms with Crippen LogP contribution >= 0.6 is 0 Å². The maximum Gasteiger partial charge on any atom is 0.104 e. The molecule has 0 heterocycles. The summed E-state index contributed by atoms with van der Waals surface area (Å²) in [7, 11) is -1.37. The lowest BCUT2D eigenvalue weighted by Crippen LogP contribution is -2.39. The van der Waals surface area contributed by atoms with Gasteiger partial charge in [0.25, 0.3) is 0 Å². The first-order chi connectivity index (χ1) is 6.95. The molecular weight excluding hydrogens is 196 g/mol. The molecule has 0 saturated heterocycles. The second-order valence-corrected chi connectivity index (χ2v) is 9.08. The molecule has 80 valence electrons. The smallest absolute Gasteiger partial charge is 0.0985 e. The topological polar surface area (TPSA) is 0 Å². The quantitative estimate of drug-likeness (QED) is 0.675. The van der Waals surface area contributed by atoms with Gasteiger partial charge in [0, 0.05) is 0 Å². The summed E-state index contributed by atoms with van der Waals surface area (Å²) in [5, 5.41) is 1.48. The van der Waals surface area contributed by atoms with Crippen LogP contribution in [0.3, 0.4) is 0 Å². The van der Waals surface area contributed by atoms with Crippen molar-refractivity contribution in [2.45, 2.75) is 26.9 Å². The van der Waals surface area contributed by atoms with Crippen LogP contribution in [0.4, 0.5) is 0 Å². The Kier molecular flexibility index (Phi) is 3.70. The van der Waals surface area contributed by atoms with Crippen LogP contribution in [-0.4, -0.2) is 8.07 Å². The van der Waals surface area contributed by atoms with E-state index in [9.17, 15) is 0 Å². The zero-order valence-corrected chi connectivity index (χ0v) is 11.2. The van der Waals surface area contributed by atoms with Crippen LogP contribution in [0, 0.1) is 0 Å². The number of allylic oxidation sites excluding steroid dienone is 1. The van der Waals surface area contributed by atoms with E-state index in [0.29, 0.717) is 0 Å². The zero-order valence-electron chi connectivity index (χ0n) is 10.2. The van der Waals surface area contributed by atoms with Gasteiger partial charge in [0.15, 0.2) is 0 Å². The van der Waals surface area contributed by atoms with E-state index in [1.807, 2.05) is 6.08 Å². The fraction of sp³-hybridized carbons (Fsp3) is 0.286. The van der Waals surface area contributed by atoms with Gasteiger partial charge in [-0.05, 0) is 19.4 Å². The van der Waals surface area contributed by atoms with Crippen LogP contribution in [-0.2, 0) is 0 Å². The lowest BCUT2D eigenvalue weighted by Gasteiger charge is -2.19. The third-order valence-electron chi connectivity index (χ3n) is 2.54. The van der Waals surface area contributed by atoms with E-state index in [4.69, 9.17) is 0 Å². The fourth-order valence-corrected chi connectivity index (χ4v) is 4.49. The van der Waals surface area contributed by atoms with Gasteiger partial charge in [0.05, 0.1) is 0 Å². The minimum atomic E-state index is -1.37. The summed E-state index contributed by atoms with van der Waals surface area (Å²) in [6.07, 6.45) is 1.89. The molecule has 0 spiro atoms. The molecule has 0 aliphatic carbocycles.